The molecule has 1 aromatic carbocycles. The number of rotatable bonds is 2. The van der Waals surface area contributed by atoms with Crippen LogP contribution in [-0.2, 0) is 0 Å². The van der Waals surface area contributed by atoms with Gasteiger partial charge >= 0.3 is 0 Å². The maximum atomic E-state index is 12.1. The van der Waals surface area contributed by atoms with Crippen LogP contribution in [0.3, 0.4) is 0 Å². The smallest absolute Gasteiger partial charge is 0.274 e. The zero-order chi connectivity index (χ0) is 14.8. The van der Waals surface area contributed by atoms with Gasteiger partial charge in [0.1, 0.15) is 24.1 Å². The fraction of sp³-hybridized carbons (Fsp3) is 0.143. The molecule has 0 saturated heterocycles. The van der Waals surface area contributed by atoms with Crippen LogP contribution in [0.15, 0.2) is 30.3 Å². The van der Waals surface area contributed by atoms with Crippen molar-refractivity contribution >= 4 is 34.8 Å². The number of pyridine rings is 1. The summed E-state index contributed by atoms with van der Waals surface area (Å²) in [5.41, 5.74) is 0.713. The molecular formula is C14H10Cl2N2O3. The minimum Gasteiger partial charge on any atom is -0.486 e. The first kappa shape index (κ1) is 14.0. The number of nitrogens with zero attached hydrogens (tertiary/aromatic N) is 1. The van der Waals surface area contributed by atoms with Gasteiger partial charge in [-0.3, -0.25) is 4.79 Å². The van der Waals surface area contributed by atoms with Crippen molar-refractivity contribution in [3.8, 4) is 11.5 Å². The molecule has 5 nitrogen and oxygen atoms in total. The van der Waals surface area contributed by atoms with Gasteiger partial charge < -0.3 is 14.8 Å². The highest BCUT2D eigenvalue weighted by Crippen LogP contribution is 2.32. The Morgan fingerprint density at radius 2 is 1.86 bits per heavy atom. The molecule has 1 aliphatic rings. The van der Waals surface area contributed by atoms with Crippen molar-refractivity contribution in [2.24, 2.45) is 0 Å². The number of aromatic nitrogens is 1. The van der Waals surface area contributed by atoms with Crippen molar-refractivity contribution in [3.05, 3.63) is 46.2 Å². The number of carbonyl (C=O) groups excluding carboxylic acids is 1. The monoisotopic (exact) mass is 324 g/mol. The number of hydrogen-bond donors (Lipinski definition) is 1. The highest BCUT2D eigenvalue weighted by molar-refractivity contribution is 6.34. The maximum Gasteiger partial charge on any atom is 0.274 e. The molecule has 0 fully saturated rings. The average Bonchev–Trinajstić information content (AvgIpc) is 2.46. The minimum atomic E-state index is -0.406. The van der Waals surface area contributed by atoms with E-state index < -0.39 is 5.91 Å². The lowest BCUT2D eigenvalue weighted by Crippen LogP contribution is -2.17. The number of anilines is 1. The Kier molecular flexibility index (Phi) is 3.86. The predicted molar refractivity (Wildman–Crippen MR) is 79.6 cm³/mol. The summed E-state index contributed by atoms with van der Waals surface area (Å²) in [5.74, 6) is 0.843. The van der Waals surface area contributed by atoms with Crippen molar-refractivity contribution in [2.45, 2.75) is 0 Å². The molecule has 108 valence electrons. The lowest BCUT2D eigenvalue weighted by molar-refractivity contribution is 0.102. The summed E-state index contributed by atoms with van der Waals surface area (Å²) in [6.07, 6.45) is 0. The van der Waals surface area contributed by atoms with Gasteiger partial charge in [-0.2, -0.15) is 0 Å². The largest absolute Gasteiger partial charge is 0.486 e. The van der Waals surface area contributed by atoms with Gasteiger partial charge in [0.05, 0.1) is 0 Å². The number of hydrogen-bond acceptors (Lipinski definition) is 4. The van der Waals surface area contributed by atoms with Gasteiger partial charge in [0.15, 0.2) is 11.5 Å². The van der Waals surface area contributed by atoms with Gasteiger partial charge in [-0.25, -0.2) is 4.98 Å². The van der Waals surface area contributed by atoms with Gasteiger partial charge in [-0.15, -0.1) is 0 Å². The van der Waals surface area contributed by atoms with Crippen LogP contribution in [-0.4, -0.2) is 24.1 Å². The van der Waals surface area contributed by atoms with Crippen LogP contribution in [0.25, 0.3) is 0 Å². The molecule has 0 bridgehead atoms. The number of nitrogens with one attached hydrogen (secondary N) is 1. The summed E-state index contributed by atoms with van der Waals surface area (Å²) in [6.45, 7) is 0.999. The SMILES string of the molecule is O=C(Nc1ccc2c(c1)OCCO2)c1cc(Cl)cc(Cl)n1. The Labute approximate surface area is 130 Å². The molecule has 0 spiro atoms. The molecule has 1 aliphatic heterocycles. The normalized spacial score (nSPS) is 12.9. The fourth-order valence-corrected chi connectivity index (χ4v) is 2.37. The second-order valence-electron chi connectivity index (χ2n) is 4.31. The van der Waals surface area contributed by atoms with E-state index in [2.05, 4.69) is 10.3 Å². The summed E-state index contributed by atoms with van der Waals surface area (Å²) in [5, 5.41) is 3.22. The first-order valence-corrected chi connectivity index (χ1v) is 6.91. The van der Waals surface area contributed by atoms with E-state index in [1.54, 1.807) is 18.2 Å². The molecule has 1 aromatic heterocycles. The van der Waals surface area contributed by atoms with Crippen molar-refractivity contribution in [3.63, 3.8) is 0 Å². The maximum absolute atomic E-state index is 12.1. The number of halogens is 2. The molecule has 21 heavy (non-hydrogen) atoms. The first-order valence-electron chi connectivity index (χ1n) is 6.16. The number of benzene rings is 1. The first-order chi connectivity index (χ1) is 10.1. The minimum absolute atomic E-state index is 0.141. The van der Waals surface area contributed by atoms with E-state index in [1.807, 2.05) is 0 Å². The molecule has 3 rings (SSSR count). The second kappa shape index (κ2) is 5.79. The van der Waals surface area contributed by atoms with Crippen LogP contribution in [0.2, 0.25) is 10.2 Å². The summed E-state index contributed by atoms with van der Waals surface area (Å²) in [7, 11) is 0. The van der Waals surface area contributed by atoms with E-state index >= 15 is 0 Å². The molecule has 2 heterocycles. The van der Waals surface area contributed by atoms with Crippen LogP contribution < -0.4 is 14.8 Å². The van der Waals surface area contributed by atoms with Crippen molar-refractivity contribution in [1.82, 2.24) is 4.98 Å². The Morgan fingerprint density at radius 3 is 2.62 bits per heavy atom. The van der Waals surface area contributed by atoms with E-state index in [1.165, 1.54) is 12.1 Å². The summed E-state index contributed by atoms with van der Waals surface area (Å²) >= 11 is 11.6. The third-order valence-electron chi connectivity index (χ3n) is 2.79. The molecule has 7 heteroatoms. The quantitative estimate of drug-likeness (QED) is 0.860. The van der Waals surface area contributed by atoms with E-state index in [0.717, 1.165) is 0 Å². The second-order valence-corrected chi connectivity index (χ2v) is 5.13. The Bertz CT molecular complexity index is 686. The fourth-order valence-electron chi connectivity index (χ4n) is 1.90. The summed E-state index contributed by atoms with van der Waals surface area (Å²) in [4.78, 5) is 16.1. The van der Waals surface area contributed by atoms with E-state index in [4.69, 9.17) is 32.7 Å². The van der Waals surface area contributed by atoms with Crippen molar-refractivity contribution in [2.75, 3.05) is 18.5 Å². The van der Waals surface area contributed by atoms with Crippen LogP contribution in [0.5, 0.6) is 11.5 Å². The molecule has 0 atom stereocenters. The molecule has 0 radical (unpaired) electrons. The third-order valence-corrected chi connectivity index (χ3v) is 3.20. The van der Waals surface area contributed by atoms with Crippen LogP contribution in [0, 0.1) is 0 Å². The molecule has 0 aliphatic carbocycles. The Morgan fingerprint density at radius 1 is 1.10 bits per heavy atom. The van der Waals surface area contributed by atoms with Gasteiger partial charge in [-0.05, 0) is 24.3 Å². The number of ether oxygens (including phenoxy) is 2. The van der Waals surface area contributed by atoms with E-state index in [9.17, 15) is 4.79 Å². The Balaban J connectivity index is 1.81. The zero-order valence-electron chi connectivity index (χ0n) is 10.7. The lowest BCUT2D eigenvalue weighted by atomic mass is 10.2. The van der Waals surface area contributed by atoms with Crippen molar-refractivity contribution < 1.29 is 14.3 Å². The third kappa shape index (κ3) is 3.20. The van der Waals surface area contributed by atoms with Gasteiger partial charge in [0.25, 0.3) is 5.91 Å². The van der Waals surface area contributed by atoms with Crippen LogP contribution in [0.4, 0.5) is 5.69 Å². The van der Waals surface area contributed by atoms with Gasteiger partial charge in [0, 0.05) is 16.8 Å². The van der Waals surface area contributed by atoms with Crippen LogP contribution >= 0.6 is 23.2 Å². The molecule has 0 saturated carbocycles. The Hall–Kier alpha value is -1.98. The molecule has 1 N–H and O–H groups in total. The predicted octanol–water partition coefficient (Wildman–Crippen LogP) is 3.41. The highest BCUT2D eigenvalue weighted by atomic mass is 35.5. The standard InChI is InChI=1S/C14H10Cl2N2O3/c15-8-5-10(18-13(16)6-8)14(19)17-9-1-2-11-12(7-9)21-4-3-20-11/h1-2,5-7H,3-4H2,(H,17,19). The van der Waals surface area contributed by atoms with E-state index in [0.29, 0.717) is 35.4 Å². The molecular weight excluding hydrogens is 315 g/mol. The highest BCUT2D eigenvalue weighted by Gasteiger charge is 2.14. The molecule has 1 amide bonds. The van der Waals surface area contributed by atoms with E-state index in [-0.39, 0.29) is 10.8 Å². The summed E-state index contributed by atoms with van der Waals surface area (Å²) in [6, 6.07) is 8.06. The topological polar surface area (TPSA) is 60.5 Å². The number of carbonyl (C=O) groups is 1. The zero-order valence-corrected chi connectivity index (χ0v) is 12.2. The summed E-state index contributed by atoms with van der Waals surface area (Å²) < 4.78 is 10.9. The number of fused-ring (bicyclic) bond motifs is 1. The van der Waals surface area contributed by atoms with Crippen LogP contribution in [0.1, 0.15) is 10.5 Å². The number of amides is 1. The molecule has 0 unspecified atom stereocenters. The molecule has 2 aromatic rings. The van der Waals surface area contributed by atoms with Gasteiger partial charge in [0.2, 0.25) is 0 Å². The van der Waals surface area contributed by atoms with Crippen molar-refractivity contribution in [1.29, 1.82) is 0 Å². The average molecular weight is 325 g/mol. The lowest BCUT2D eigenvalue weighted by Gasteiger charge is -2.18. The van der Waals surface area contributed by atoms with Gasteiger partial charge in [-0.1, -0.05) is 23.2 Å².